The number of pyridine rings is 1. The van der Waals surface area contributed by atoms with Gasteiger partial charge in [-0.1, -0.05) is 11.6 Å². The molecule has 0 spiro atoms. The Morgan fingerprint density at radius 2 is 2.25 bits per heavy atom. The summed E-state index contributed by atoms with van der Waals surface area (Å²) in [5.74, 6) is -0.181. The lowest BCUT2D eigenvalue weighted by Crippen LogP contribution is -2.09. The number of carbonyl (C=O) groups excluding carboxylic acids is 1. The molecule has 0 aliphatic heterocycles. The lowest BCUT2D eigenvalue weighted by atomic mass is 10.1. The summed E-state index contributed by atoms with van der Waals surface area (Å²) >= 11 is 9.19. The van der Waals surface area contributed by atoms with Crippen molar-refractivity contribution in [2.75, 3.05) is 0 Å². The smallest absolute Gasteiger partial charge is 0.213 e. The third-order valence-corrected chi connectivity index (χ3v) is 3.01. The minimum atomic E-state index is -0.181. The van der Waals surface area contributed by atoms with E-state index in [0.717, 1.165) is 0 Å². The minimum absolute atomic E-state index is 0.181. The van der Waals surface area contributed by atoms with Gasteiger partial charge in [-0.25, -0.2) is 0 Å². The molecule has 0 amide bonds. The van der Waals surface area contributed by atoms with Gasteiger partial charge in [0, 0.05) is 25.0 Å². The fraction of sp³-hybridized carbons (Fsp3) is 0.100. The molecule has 2 aromatic heterocycles. The molecule has 16 heavy (non-hydrogen) atoms. The SMILES string of the molecule is Cn1ncc(Br)c1C(=O)c1ccncc1Cl. The maximum Gasteiger partial charge on any atom is 0.213 e. The molecule has 2 heterocycles. The number of rotatable bonds is 2. The van der Waals surface area contributed by atoms with E-state index in [9.17, 15) is 4.79 Å². The van der Waals surface area contributed by atoms with Crippen molar-refractivity contribution in [3.63, 3.8) is 0 Å². The summed E-state index contributed by atoms with van der Waals surface area (Å²) in [7, 11) is 1.70. The van der Waals surface area contributed by atoms with E-state index in [1.807, 2.05) is 0 Å². The Balaban J connectivity index is 2.52. The number of aryl methyl sites for hydroxylation is 1. The molecule has 2 aromatic rings. The molecule has 82 valence electrons. The van der Waals surface area contributed by atoms with Gasteiger partial charge in [0.25, 0.3) is 0 Å². The lowest BCUT2D eigenvalue weighted by Gasteiger charge is -2.03. The molecule has 2 rings (SSSR count). The molecule has 0 fully saturated rings. The zero-order valence-electron chi connectivity index (χ0n) is 8.32. The Hall–Kier alpha value is -1.20. The van der Waals surface area contributed by atoms with Crippen molar-refractivity contribution in [3.05, 3.63) is 45.4 Å². The summed E-state index contributed by atoms with van der Waals surface area (Å²) in [5.41, 5.74) is 0.883. The summed E-state index contributed by atoms with van der Waals surface area (Å²) in [6.07, 6.45) is 4.55. The monoisotopic (exact) mass is 299 g/mol. The van der Waals surface area contributed by atoms with Crippen LogP contribution in [0.5, 0.6) is 0 Å². The van der Waals surface area contributed by atoms with E-state index in [0.29, 0.717) is 20.8 Å². The molecule has 0 aliphatic rings. The standard InChI is InChI=1S/C10H7BrClN3O/c1-15-9(7(11)4-14-15)10(16)6-2-3-13-5-8(6)12/h2-5H,1H3. The van der Waals surface area contributed by atoms with E-state index in [1.54, 1.807) is 19.3 Å². The number of hydrogen-bond donors (Lipinski definition) is 0. The zero-order chi connectivity index (χ0) is 11.7. The number of ketones is 1. The highest BCUT2D eigenvalue weighted by Gasteiger charge is 2.19. The summed E-state index contributed by atoms with van der Waals surface area (Å²) in [4.78, 5) is 16.0. The van der Waals surface area contributed by atoms with Crippen LogP contribution in [0.25, 0.3) is 0 Å². The Morgan fingerprint density at radius 3 is 2.81 bits per heavy atom. The predicted octanol–water partition coefficient (Wildman–Crippen LogP) is 2.46. The second-order valence-corrected chi connectivity index (χ2v) is 4.41. The average Bonchev–Trinajstić information content (AvgIpc) is 2.58. The van der Waals surface area contributed by atoms with E-state index in [-0.39, 0.29) is 5.78 Å². The van der Waals surface area contributed by atoms with E-state index < -0.39 is 0 Å². The first-order chi connectivity index (χ1) is 7.61. The fourth-order valence-corrected chi connectivity index (χ4v) is 2.09. The molecular weight excluding hydrogens is 293 g/mol. The van der Waals surface area contributed by atoms with Crippen LogP contribution in [0.3, 0.4) is 0 Å². The quantitative estimate of drug-likeness (QED) is 0.801. The molecule has 0 unspecified atom stereocenters. The van der Waals surface area contributed by atoms with Crippen molar-refractivity contribution in [3.8, 4) is 0 Å². The largest absolute Gasteiger partial charge is 0.287 e. The van der Waals surface area contributed by atoms with Crippen LogP contribution in [0.15, 0.2) is 29.1 Å². The van der Waals surface area contributed by atoms with E-state index in [4.69, 9.17) is 11.6 Å². The van der Waals surface area contributed by atoms with Gasteiger partial charge in [-0.15, -0.1) is 0 Å². The highest BCUT2D eigenvalue weighted by Crippen LogP contribution is 2.22. The van der Waals surface area contributed by atoms with Crippen molar-refractivity contribution in [1.82, 2.24) is 14.8 Å². The summed E-state index contributed by atoms with van der Waals surface area (Å²) in [6, 6.07) is 1.59. The first kappa shape index (κ1) is 11.3. The van der Waals surface area contributed by atoms with Crippen molar-refractivity contribution >= 4 is 33.3 Å². The van der Waals surface area contributed by atoms with Crippen molar-refractivity contribution in [2.45, 2.75) is 0 Å². The van der Waals surface area contributed by atoms with Gasteiger partial charge in [0.1, 0.15) is 5.69 Å². The number of halogens is 2. The van der Waals surface area contributed by atoms with Gasteiger partial charge < -0.3 is 0 Å². The van der Waals surface area contributed by atoms with Gasteiger partial charge in [-0.05, 0) is 22.0 Å². The van der Waals surface area contributed by atoms with Crippen LogP contribution in [0.1, 0.15) is 16.1 Å². The van der Waals surface area contributed by atoms with E-state index in [1.165, 1.54) is 17.1 Å². The van der Waals surface area contributed by atoms with Crippen molar-refractivity contribution < 1.29 is 4.79 Å². The topological polar surface area (TPSA) is 47.8 Å². The lowest BCUT2D eigenvalue weighted by molar-refractivity contribution is 0.102. The number of hydrogen-bond acceptors (Lipinski definition) is 3. The van der Waals surface area contributed by atoms with Crippen LogP contribution in [0, 0.1) is 0 Å². The number of carbonyl (C=O) groups is 1. The Bertz CT molecular complexity index is 533. The minimum Gasteiger partial charge on any atom is -0.287 e. The summed E-state index contributed by atoms with van der Waals surface area (Å²) < 4.78 is 2.15. The summed E-state index contributed by atoms with van der Waals surface area (Å²) in [6.45, 7) is 0. The first-order valence-corrected chi connectivity index (χ1v) is 5.60. The molecule has 0 aromatic carbocycles. The number of nitrogens with zero attached hydrogens (tertiary/aromatic N) is 3. The van der Waals surface area contributed by atoms with Crippen LogP contribution in [0.4, 0.5) is 0 Å². The second kappa shape index (κ2) is 4.35. The van der Waals surface area contributed by atoms with Crippen LogP contribution in [-0.2, 0) is 7.05 Å². The molecule has 0 radical (unpaired) electrons. The predicted molar refractivity (Wildman–Crippen MR) is 63.6 cm³/mol. The highest BCUT2D eigenvalue weighted by atomic mass is 79.9. The van der Waals surface area contributed by atoms with Crippen LogP contribution in [0.2, 0.25) is 5.02 Å². The van der Waals surface area contributed by atoms with E-state index >= 15 is 0 Å². The van der Waals surface area contributed by atoms with Gasteiger partial charge in [0.05, 0.1) is 15.7 Å². The molecule has 4 nitrogen and oxygen atoms in total. The average molecular weight is 301 g/mol. The third-order valence-electron chi connectivity index (χ3n) is 2.13. The van der Waals surface area contributed by atoms with Crippen LogP contribution in [-0.4, -0.2) is 20.5 Å². The Morgan fingerprint density at radius 1 is 1.50 bits per heavy atom. The van der Waals surface area contributed by atoms with Crippen molar-refractivity contribution in [1.29, 1.82) is 0 Å². The fourth-order valence-electron chi connectivity index (χ4n) is 1.35. The summed E-state index contributed by atoms with van der Waals surface area (Å²) in [5, 5.41) is 4.32. The second-order valence-electron chi connectivity index (χ2n) is 3.15. The molecular formula is C10H7BrClN3O. The maximum absolute atomic E-state index is 12.2. The van der Waals surface area contributed by atoms with Crippen LogP contribution >= 0.6 is 27.5 Å². The molecule has 0 aliphatic carbocycles. The molecule has 6 heteroatoms. The molecule has 0 saturated carbocycles. The molecule has 0 bridgehead atoms. The molecule has 0 atom stereocenters. The third kappa shape index (κ3) is 1.88. The number of aromatic nitrogens is 3. The van der Waals surface area contributed by atoms with Gasteiger partial charge in [-0.2, -0.15) is 5.10 Å². The van der Waals surface area contributed by atoms with E-state index in [2.05, 4.69) is 26.0 Å². The van der Waals surface area contributed by atoms with Gasteiger partial charge in [-0.3, -0.25) is 14.5 Å². The van der Waals surface area contributed by atoms with Gasteiger partial charge in [0.15, 0.2) is 0 Å². The Kier molecular flexibility index (Phi) is 3.07. The van der Waals surface area contributed by atoms with Crippen LogP contribution < -0.4 is 0 Å². The van der Waals surface area contributed by atoms with Crippen molar-refractivity contribution in [2.24, 2.45) is 7.05 Å². The normalized spacial score (nSPS) is 10.4. The van der Waals surface area contributed by atoms with Gasteiger partial charge >= 0.3 is 0 Å². The molecule has 0 saturated heterocycles. The first-order valence-electron chi connectivity index (χ1n) is 4.43. The Labute approximate surface area is 105 Å². The zero-order valence-corrected chi connectivity index (χ0v) is 10.7. The highest BCUT2D eigenvalue weighted by molar-refractivity contribution is 9.10. The molecule has 0 N–H and O–H groups in total. The van der Waals surface area contributed by atoms with Gasteiger partial charge in [0.2, 0.25) is 5.78 Å². The maximum atomic E-state index is 12.2.